The lowest BCUT2D eigenvalue weighted by atomic mass is 9.94. The van der Waals surface area contributed by atoms with Crippen LogP contribution in [0.5, 0.6) is 0 Å². The second-order valence-electron chi connectivity index (χ2n) is 7.25. The maximum absolute atomic E-state index is 13.5. The number of pyridine rings is 1. The average molecular weight is 326 g/mol. The van der Waals surface area contributed by atoms with Crippen molar-refractivity contribution in [2.75, 3.05) is 13.1 Å². The van der Waals surface area contributed by atoms with Crippen molar-refractivity contribution in [3.8, 4) is 0 Å². The van der Waals surface area contributed by atoms with E-state index >= 15 is 0 Å². The van der Waals surface area contributed by atoms with Crippen molar-refractivity contribution < 1.29 is 13.2 Å². The van der Waals surface area contributed by atoms with E-state index in [0.717, 1.165) is 13.1 Å². The van der Waals surface area contributed by atoms with Gasteiger partial charge in [-0.15, -0.1) is 0 Å². The third-order valence-electron chi connectivity index (χ3n) is 5.53. The number of likely N-dealkylation sites (tertiary alicyclic amines) is 1. The molecule has 1 spiro atoms. The summed E-state index contributed by atoms with van der Waals surface area (Å²) in [6.45, 7) is 6.45. The summed E-state index contributed by atoms with van der Waals surface area (Å²) in [5.74, 6) is -0.123. The summed E-state index contributed by atoms with van der Waals surface area (Å²) in [6.07, 6.45) is 2.44. The minimum atomic E-state index is -4.33. The molecule has 3 rings (SSSR count). The topological polar surface area (TPSA) is 16.1 Å². The van der Waals surface area contributed by atoms with Gasteiger partial charge in [0.2, 0.25) is 0 Å². The molecule has 0 N–H and O–H groups in total. The molecular weight excluding hydrogens is 301 g/mol. The van der Waals surface area contributed by atoms with Gasteiger partial charge in [-0.1, -0.05) is 13.8 Å². The van der Waals surface area contributed by atoms with Gasteiger partial charge in [0.15, 0.2) is 0 Å². The third-order valence-corrected chi connectivity index (χ3v) is 5.53. The molecule has 2 nitrogen and oxygen atoms in total. The Labute approximate surface area is 136 Å². The number of hydrogen-bond donors (Lipinski definition) is 0. The summed E-state index contributed by atoms with van der Waals surface area (Å²) in [5.41, 5.74) is 0.857. The van der Waals surface area contributed by atoms with E-state index in [-0.39, 0.29) is 11.6 Å². The van der Waals surface area contributed by atoms with E-state index in [2.05, 4.69) is 9.88 Å². The third kappa shape index (κ3) is 3.54. The van der Waals surface area contributed by atoms with Crippen LogP contribution in [0.1, 0.15) is 68.7 Å². The molecule has 0 aromatic carbocycles. The highest BCUT2D eigenvalue weighted by Gasteiger charge is 2.47. The van der Waals surface area contributed by atoms with Crippen LogP contribution >= 0.6 is 0 Å². The Morgan fingerprint density at radius 1 is 1.22 bits per heavy atom. The Bertz CT molecular complexity index is 560. The zero-order chi connectivity index (χ0) is 16.7. The smallest absolute Gasteiger partial charge is 0.298 e. The van der Waals surface area contributed by atoms with E-state index in [0.29, 0.717) is 30.4 Å². The van der Waals surface area contributed by atoms with Crippen molar-refractivity contribution >= 4 is 0 Å². The van der Waals surface area contributed by atoms with Gasteiger partial charge in [0.05, 0.1) is 11.3 Å². The van der Waals surface area contributed by atoms with Gasteiger partial charge in [-0.2, -0.15) is 13.2 Å². The fourth-order valence-corrected chi connectivity index (χ4v) is 3.84. The Morgan fingerprint density at radius 3 is 2.43 bits per heavy atom. The number of rotatable bonds is 5. The summed E-state index contributed by atoms with van der Waals surface area (Å²) in [7, 11) is 0. The standard InChI is InChI=1S/C18H25F3N2/c1-3-14(4-2)16-15(18(19,20)21)9-13(10-22-16)11-23-8-7-17(12-23)5-6-17/h9-10,14H,3-8,11-12H2,1-2H3. The van der Waals surface area contributed by atoms with Crippen LogP contribution in [0.4, 0.5) is 13.2 Å². The molecule has 5 heteroatoms. The van der Waals surface area contributed by atoms with Gasteiger partial charge < -0.3 is 0 Å². The zero-order valence-electron chi connectivity index (χ0n) is 13.9. The molecule has 1 aliphatic carbocycles. The van der Waals surface area contributed by atoms with E-state index in [9.17, 15) is 13.2 Å². The van der Waals surface area contributed by atoms with E-state index in [4.69, 9.17) is 0 Å². The molecule has 0 atom stereocenters. The molecular formula is C18H25F3N2. The van der Waals surface area contributed by atoms with Crippen LogP contribution in [-0.2, 0) is 12.7 Å². The van der Waals surface area contributed by atoms with Crippen molar-refractivity contribution in [2.45, 2.75) is 64.6 Å². The number of nitrogens with zero attached hydrogens (tertiary/aromatic N) is 2. The maximum Gasteiger partial charge on any atom is 0.418 e. The molecule has 1 aromatic rings. The Morgan fingerprint density at radius 2 is 1.91 bits per heavy atom. The van der Waals surface area contributed by atoms with Gasteiger partial charge in [-0.25, -0.2) is 0 Å². The predicted molar refractivity (Wildman–Crippen MR) is 84.1 cm³/mol. The molecule has 0 amide bonds. The van der Waals surface area contributed by atoms with Crippen LogP contribution < -0.4 is 0 Å². The van der Waals surface area contributed by atoms with E-state index in [1.54, 1.807) is 6.20 Å². The highest BCUT2D eigenvalue weighted by Crippen LogP contribution is 2.52. The molecule has 1 saturated heterocycles. The number of alkyl halides is 3. The van der Waals surface area contributed by atoms with Crippen LogP contribution in [-0.4, -0.2) is 23.0 Å². The monoisotopic (exact) mass is 326 g/mol. The van der Waals surface area contributed by atoms with Crippen LogP contribution in [0.15, 0.2) is 12.3 Å². The van der Waals surface area contributed by atoms with Gasteiger partial charge in [-0.3, -0.25) is 9.88 Å². The Hall–Kier alpha value is -1.10. The SMILES string of the molecule is CCC(CC)c1ncc(CN2CCC3(CC3)C2)cc1C(F)(F)F. The Kier molecular flexibility index (Phi) is 4.43. The summed E-state index contributed by atoms with van der Waals surface area (Å²) in [5, 5.41) is 0. The average Bonchev–Trinajstić information content (AvgIpc) is 3.14. The van der Waals surface area contributed by atoms with Crippen LogP contribution in [0.25, 0.3) is 0 Å². The molecule has 1 aliphatic heterocycles. The van der Waals surface area contributed by atoms with Crippen molar-refractivity contribution in [3.63, 3.8) is 0 Å². The molecule has 0 bridgehead atoms. The first-order valence-corrected chi connectivity index (χ1v) is 8.65. The molecule has 2 fully saturated rings. The lowest BCUT2D eigenvalue weighted by Crippen LogP contribution is -2.22. The van der Waals surface area contributed by atoms with Crippen molar-refractivity contribution in [3.05, 3.63) is 29.1 Å². The first-order valence-electron chi connectivity index (χ1n) is 8.65. The minimum Gasteiger partial charge on any atom is -0.298 e. The summed E-state index contributed by atoms with van der Waals surface area (Å²) in [4.78, 5) is 6.51. The van der Waals surface area contributed by atoms with E-state index < -0.39 is 11.7 Å². The molecule has 1 saturated carbocycles. The van der Waals surface area contributed by atoms with Crippen LogP contribution in [0.2, 0.25) is 0 Å². The number of hydrogen-bond acceptors (Lipinski definition) is 2. The summed E-state index contributed by atoms with van der Waals surface area (Å²) in [6, 6.07) is 1.33. The second-order valence-corrected chi connectivity index (χ2v) is 7.25. The predicted octanol–water partition coefficient (Wildman–Crippen LogP) is 4.99. The molecule has 0 unspecified atom stereocenters. The summed E-state index contributed by atoms with van der Waals surface area (Å²) >= 11 is 0. The zero-order valence-corrected chi connectivity index (χ0v) is 13.9. The van der Waals surface area contributed by atoms with E-state index in [1.807, 2.05) is 13.8 Å². The van der Waals surface area contributed by atoms with Crippen LogP contribution in [0, 0.1) is 5.41 Å². The molecule has 128 valence electrons. The lowest BCUT2D eigenvalue weighted by molar-refractivity contribution is -0.138. The molecule has 1 aromatic heterocycles. The maximum atomic E-state index is 13.5. The molecule has 0 radical (unpaired) electrons. The summed E-state index contributed by atoms with van der Waals surface area (Å²) < 4.78 is 40.4. The van der Waals surface area contributed by atoms with Gasteiger partial charge >= 0.3 is 6.18 Å². The minimum absolute atomic E-state index is 0.123. The highest BCUT2D eigenvalue weighted by molar-refractivity contribution is 5.30. The van der Waals surface area contributed by atoms with E-state index in [1.165, 1.54) is 25.3 Å². The molecule has 2 aliphatic rings. The largest absolute Gasteiger partial charge is 0.418 e. The lowest BCUT2D eigenvalue weighted by Gasteiger charge is -2.21. The normalized spacial score (nSPS) is 20.6. The van der Waals surface area contributed by atoms with Gasteiger partial charge in [0.25, 0.3) is 0 Å². The molecule has 23 heavy (non-hydrogen) atoms. The number of aromatic nitrogens is 1. The quantitative estimate of drug-likeness (QED) is 0.758. The van der Waals surface area contributed by atoms with Gasteiger partial charge in [0.1, 0.15) is 0 Å². The highest BCUT2D eigenvalue weighted by atomic mass is 19.4. The van der Waals surface area contributed by atoms with Crippen LogP contribution in [0.3, 0.4) is 0 Å². The van der Waals surface area contributed by atoms with Crippen molar-refractivity contribution in [1.29, 1.82) is 0 Å². The first-order chi connectivity index (χ1) is 10.9. The Balaban J connectivity index is 1.82. The fraction of sp³-hybridized carbons (Fsp3) is 0.722. The fourth-order valence-electron chi connectivity index (χ4n) is 3.84. The van der Waals surface area contributed by atoms with Gasteiger partial charge in [-0.05, 0) is 55.7 Å². The first kappa shape index (κ1) is 16.7. The second kappa shape index (κ2) is 6.08. The molecule has 2 heterocycles. The van der Waals surface area contributed by atoms with Crippen molar-refractivity contribution in [1.82, 2.24) is 9.88 Å². The number of halogens is 3. The van der Waals surface area contributed by atoms with Crippen molar-refractivity contribution in [2.24, 2.45) is 5.41 Å². The van der Waals surface area contributed by atoms with Gasteiger partial charge in [0, 0.05) is 25.2 Å².